The van der Waals surface area contributed by atoms with Crippen LogP contribution in [0.2, 0.25) is 0 Å². The van der Waals surface area contributed by atoms with Crippen LogP contribution in [0.3, 0.4) is 0 Å². The maximum absolute atomic E-state index is 11.0. The van der Waals surface area contributed by atoms with E-state index in [1.165, 1.54) is 0 Å². The van der Waals surface area contributed by atoms with Crippen molar-refractivity contribution in [2.45, 2.75) is 26.7 Å². The first-order valence-corrected chi connectivity index (χ1v) is 8.10. The van der Waals surface area contributed by atoms with Crippen molar-refractivity contribution in [1.82, 2.24) is 0 Å². The molecule has 0 aliphatic carbocycles. The highest BCUT2D eigenvalue weighted by Gasteiger charge is 2.19. The summed E-state index contributed by atoms with van der Waals surface area (Å²) in [7, 11) is -1.91. The maximum Gasteiger partial charge on any atom is 0.699 e. The van der Waals surface area contributed by atoms with E-state index < -0.39 is 8.25 Å². The van der Waals surface area contributed by atoms with Crippen LogP contribution in [0.15, 0.2) is 0 Å². The van der Waals surface area contributed by atoms with Gasteiger partial charge in [0.1, 0.15) is 0 Å². The molecule has 0 aromatic carbocycles. The zero-order chi connectivity index (χ0) is 10.6. The molecule has 0 radical (unpaired) electrons. The van der Waals surface area contributed by atoms with E-state index in [0.29, 0.717) is 11.9 Å². The van der Waals surface area contributed by atoms with Crippen LogP contribution in [0.5, 0.6) is 0 Å². The second kappa shape index (κ2) is 11.8. The van der Waals surface area contributed by atoms with Crippen molar-refractivity contribution in [3.8, 4) is 0 Å². The van der Waals surface area contributed by atoms with Crippen molar-refractivity contribution in [3.05, 3.63) is 0 Å². The van der Waals surface area contributed by atoms with Crippen LogP contribution in [-0.2, 0) is 13.6 Å². The van der Waals surface area contributed by atoms with Crippen LogP contribution in [0.25, 0.3) is 0 Å². The van der Waals surface area contributed by atoms with Crippen molar-refractivity contribution in [2.75, 3.05) is 23.4 Å². The fourth-order valence-electron chi connectivity index (χ4n) is 0.604. The fraction of sp³-hybridized carbons (Fsp3) is 1.00. The van der Waals surface area contributed by atoms with Gasteiger partial charge in [0.25, 0.3) is 0 Å². The molecule has 14 heavy (non-hydrogen) atoms. The van der Waals surface area contributed by atoms with Crippen LogP contribution in [-0.4, -0.2) is 23.4 Å². The van der Waals surface area contributed by atoms with E-state index in [9.17, 15) is 4.57 Å². The Bertz CT molecular complexity index is 133. The van der Waals surface area contributed by atoms with Crippen molar-refractivity contribution >= 4 is 31.8 Å². The van der Waals surface area contributed by atoms with E-state index in [-0.39, 0.29) is 0 Å². The van der Waals surface area contributed by atoms with Crippen LogP contribution >= 0.6 is 31.8 Å². The lowest BCUT2D eigenvalue weighted by Gasteiger charge is -1.93. The lowest BCUT2D eigenvalue weighted by Crippen LogP contribution is -1.87. The Hall–Kier alpha value is 0.720. The molecule has 0 heterocycles. The molecule has 0 unspecified atom stereocenters. The molecular weight excluding hydrogens is 239 g/mol. The molecule has 0 amide bonds. The lowest BCUT2D eigenvalue weighted by molar-refractivity contribution is 0.285. The van der Waals surface area contributed by atoms with E-state index in [4.69, 9.17) is 9.05 Å². The predicted octanol–water partition coefficient (Wildman–Crippen LogP) is 3.88. The molecule has 84 valence electrons. The molecule has 6 heteroatoms. The van der Waals surface area contributed by atoms with E-state index >= 15 is 0 Å². The lowest BCUT2D eigenvalue weighted by atomic mass is 10.6. The van der Waals surface area contributed by atoms with E-state index in [2.05, 4.69) is 13.8 Å². The zero-order valence-electron chi connectivity index (χ0n) is 8.73. The third kappa shape index (κ3) is 10.8. The van der Waals surface area contributed by atoms with Crippen LogP contribution < -0.4 is 0 Å². The Balaban J connectivity index is 3.11. The van der Waals surface area contributed by atoms with E-state index in [1.807, 2.05) is 0 Å². The molecule has 0 bridgehead atoms. The van der Waals surface area contributed by atoms with Gasteiger partial charge < -0.3 is 0 Å². The number of rotatable bonds is 10. The van der Waals surface area contributed by atoms with Gasteiger partial charge in [-0.15, -0.1) is 32.6 Å². The molecule has 0 N–H and O–H groups in total. The van der Waals surface area contributed by atoms with Crippen molar-refractivity contribution in [1.29, 1.82) is 0 Å². The molecule has 0 saturated carbocycles. The zero-order valence-corrected chi connectivity index (χ0v) is 11.3. The van der Waals surface area contributed by atoms with Gasteiger partial charge in [0, 0.05) is 4.57 Å². The Morgan fingerprint density at radius 3 is 1.79 bits per heavy atom. The molecule has 0 saturated heterocycles. The summed E-state index contributed by atoms with van der Waals surface area (Å²) in [4.78, 5) is 0. The highest BCUT2D eigenvalue weighted by atomic mass is 32.2. The summed E-state index contributed by atoms with van der Waals surface area (Å²) in [5, 5.41) is 0. The molecule has 0 aromatic rings. The second-order valence-electron chi connectivity index (χ2n) is 2.53. The van der Waals surface area contributed by atoms with Gasteiger partial charge in [0.2, 0.25) is 0 Å². The molecular formula is C8H18O3PS2+. The SMILES string of the molecule is CCCSCO[P+](=O)OCSCCC. The highest BCUT2D eigenvalue weighted by molar-refractivity contribution is 7.99. The van der Waals surface area contributed by atoms with E-state index in [0.717, 1.165) is 24.3 Å². The molecule has 0 aromatic heterocycles. The summed E-state index contributed by atoms with van der Waals surface area (Å²) in [6.45, 7) is 4.20. The molecule has 0 atom stereocenters. The summed E-state index contributed by atoms with van der Waals surface area (Å²) in [6, 6.07) is 0. The summed E-state index contributed by atoms with van der Waals surface area (Å²) in [5.41, 5.74) is 0. The summed E-state index contributed by atoms with van der Waals surface area (Å²) < 4.78 is 21.0. The summed E-state index contributed by atoms with van der Waals surface area (Å²) in [6.07, 6.45) is 2.22. The largest absolute Gasteiger partial charge is 0.699 e. The average molecular weight is 257 g/mol. The fourth-order valence-corrected chi connectivity index (χ4v) is 2.78. The molecule has 0 rings (SSSR count). The first-order chi connectivity index (χ1) is 6.81. The van der Waals surface area contributed by atoms with Crippen molar-refractivity contribution in [3.63, 3.8) is 0 Å². The Morgan fingerprint density at radius 2 is 1.43 bits per heavy atom. The topological polar surface area (TPSA) is 35.5 Å². The second-order valence-corrected chi connectivity index (χ2v) is 5.60. The predicted molar refractivity (Wildman–Crippen MR) is 65.0 cm³/mol. The normalized spacial score (nSPS) is 10.4. The molecule has 0 aliphatic rings. The molecule has 0 spiro atoms. The monoisotopic (exact) mass is 257 g/mol. The Labute approximate surface area is 95.6 Å². The van der Waals surface area contributed by atoms with Gasteiger partial charge in [0.15, 0.2) is 11.9 Å². The number of hydrogen-bond donors (Lipinski definition) is 0. The summed E-state index contributed by atoms with van der Waals surface area (Å²) in [5.74, 6) is 2.99. The smallest absolute Gasteiger partial charge is 0.129 e. The molecule has 0 aliphatic heterocycles. The van der Waals surface area contributed by atoms with E-state index in [1.54, 1.807) is 23.5 Å². The quantitative estimate of drug-likeness (QED) is 0.337. The Morgan fingerprint density at radius 1 is 1.00 bits per heavy atom. The third-order valence-corrected chi connectivity index (χ3v) is 4.17. The maximum atomic E-state index is 11.0. The van der Waals surface area contributed by atoms with Gasteiger partial charge in [-0.3, -0.25) is 0 Å². The van der Waals surface area contributed by atoms with Crippen LogP contribution in [0.1, 0.15) is 26.7 Å². The van der Waals surface area contributed by atoms with Gasteiger partial charge in [-0.2, -0.15) is 0 Å². The molecule has 3 nitrogen and oxygen atoms in total. The van der Waals surface area contributed by atoms with Crippen LogP contribution in [0, 0.1) is 0 Å². The average Bonchev–Trinajstić information content (AvgIpc) is 2.19. The van der Waals surface area contributed by atoms with Crippen molar-refractivity contribution in [2.24, 2.45) is 0 Å². The number of hydrogen-bond acceptors (Lipinski definition) is 5. The minimum absolute atomic E-state index is 0.460. The van der Waals surface area contributed by atoms with Gasteiger partial charge in [-0.25, -0.2) is 0 Å². The first kappa shape index (κ1) is 14.7. The van der Waals surface area contributed by atoms with Gasteiger partial charge in [0.05, 0.1) is 0 Å². The Kier molecular flexibility index (Phi) is 12.4. The minimum Gasteiger partial charge on any atom is -0.129 e. The standard InChI is InChI=1S/C8H18O3PS2/c1-3-5-13-7-10-12(9)11-8-14-6-4-2/h3-8H2,1-2H3/q+1. The van der Waals surface area contributed by atoms with Gasteiger partial charge >= 0.3 is 8.25 Å². The third-order valence-electron chi connectivity index (χ3n) is 1.18. The minimum atomic E-state index is -1.91. The molecule has 0 fully saturated rings. The van der Waals surface area contributed by atoms with Gasteiger partial charge in [-0.05, 0) is 24.3 Å². The highest BCUT2D eigenvalue weighted by Crippen LogP contribution is 2.27. The van der Waals surface area contributed by atoms with Crippen molar-refractivity contribution < 1.29 is 13.6 Å². The number of thioether (sulfide) groups is 2. The van der Waals surface area contributed by atoms with Crippen LogP contribution in [0.4, 0.5) is 0 Å². The summed E-state index contributed by atoms with van der Waals surface area (Å²) >= 11 is 3.26. The first-order valence-electron chi connectivity index (χ1n) is 4.69. The van der Waals surface area contributed by atoms with Gasteiger partial charge in [-0.1, -0.05) is 13.8 Å².